The van der Waals surface area contributed by atoms with Crippen molar-refractivity contribution in [2.45, 2.75) is 31.9 Å². The third-order valence-corrected chi connectivity index (χ3v) is 5.36. The lowest BCUT2D eigenvalue weighted by Gasteiger charge is -2.54. The van der Waals surface area contributed by atoms with Gasteiger partial charge in [0.25, 0.3) is 5.91 Å². The molecule has 1 unspecified atom stereocenters. The van der Waals surface area contributed by atoms with Crippen LogP contribution in [-0.2, 0) is 7.05 Å². The summed E-state index contributed by atoms with van der Waals surface area (Å²) >= 11 is 5.87. The van der Waals surface area contributed by atoms with Gasteiger partial charge in [0.05, 0.1) is 5.92 Å². The van der Waals surface area contributed by atoms with Gasteiger partial charge < -0.3 is 4.90 Å². The van der Waals surface area contributed by atoms with Gasteiger partial charge in [-0.1, -0.05) is 18.0 Å². The van der Waals surface area contributed by atoms with E-state index >= 15 is 0 Å². The number of carbonyl (C=O) groups excluding carboxylic acids is 1. The van der Waals surface area contributed by atoms with Gasteiger partial charge in [0.1, 0.15) is 5.15 Å². The van der Waals surface area contributed by atoms with Crippen molar-refractivity contribution in [3.05, 3.63) is 16.9 Å². The molecule has 0 bridgehead atoms. The second kappa shape index (κ2) is 5.15. The van der Waals surface area contributed by atoms with Crippen LogP contribution in [0, 0.1) is 11.3 Å². The summed E-state index contributed by atoms with van der Waals surface area (Å²) < 4.78 is 41.1. The number of aromatic nitrogens is 2. The molecule has 8 heteroatoms. The Kier molecular flexibility index (Phi) is 3.66. The number of aryl methyl sites for hydroxylation is 1. The summed E-state index contributed by atoms with van der Waals surface area (Å²) in [6, 6.07) is 1.45. The van der Waals surface area contributed by atoms with E-state index in [9.17, 15) is 18.0 Å². The minimum absolute atomic E-state index is 0.0319. The van der Waals surface area contributed by atoms with E-state index in [-0.39, 0.29) is 31.1 Å². The van der Waals surface area contributed by atoms with Crippen LogP contribution in [0.1, 0.15) is 36.2 Å². The van der Waals surface area contributed by atoms with Crippen LogP contribution < -0.4 is 0 Å². The largest absolute Gasteiger partial charge is 0.392 e. The van der Waals surface area contributed by atoms with Crippen molar-refractivity contribution in [2.24, 2.45) is 18.4 Å². The third-order valence-electron chi connectivity index (χ3n) is 5.01. The summed E-state index contributed by atoms with van der Waals surface area (Å²) in [4.78, 5) is 14.0. The van der Waals surface area contributed by atoms with Crippen LogP contribution in [0.3, 0.4) is 0 Å². The maximum Gasteiger partial charge on any atom is 0.392 e. The maximum atomic E-state index is 13.2. The molecule has 0 N–H and O–H groups in total. The molecular formula is C14H17ClF3N3O. The van der Waals surface area contributed by atoms with Crippen molar-refractivity contribution < 1.29 is 18.0 Å². The van der Waals surface area contributed by atoms with E-state index in [2.05, 4.69) is 5.10 Å². The number of nitrogens with zero attached hydrogens (tertiary/aromatic N) is 3. The van der Waals surface area contributed by atoms with Gasteiger partial charge in [0.15, 0.2) is 5.69 Å². The Morgan fingerprint density at radius 2 is 2.14 bits per heavy atom. The lowest BCUT2D eigenvalue weighted by molar-refractivity contribution is -0.235. The molecular weight excluding hydrogens is 319 g/mol. The predicted octanol–water partition coefficient (Wildman–Crippen LogP) is 3.27. The number of hydrogen-bond donors (Lipinski definition) is 0. The number of amides is 1. The highest BCUT2D eigenvalue weighted by molar-refractivity contribution is 6.29. The molecule has 1 saturated heterocycles. The van der Waals surface area contributed by atoms with Crippen LogP contribution in [0.25, 0.3) is 0 Å². The SMILES string of the molecule is Cn1nc(C(=O)N2CCC(C(F)(F)F)C3(CCC3)C2)cc1Cl. The minimum Gasteiger partial charge on any atom is -0.337 e. The molecule has 1 aromatic heterocycles. The second-order valence-electron chi connectivity index (χ2n) is 6.30. The molecule has 0 radical (unpaired) electrons. The summed E-state index contributed by atoms with van der Waals surface area (Å²) in [6.45, 7) is 0.267. The fraction of sp³-hybridized carbons (Fsp3) is 0.714. The zero-order chi connectivity index (χ0) is 16.1. The van der Waals surface area contributed by atoms with Gasteiger partial charge in [0, 0.05) is 26.2 Å². The van der Waals surface area contributed by atoms with E-state index in [1.807, 2.05) is 0 Å². The molecule has 122 valence electrons. The van der Waals surface area contributed by atoms with Crippen molar-refractivity contribution in [2.75, 3.05) is 13.1 Å². The molecule has 3 rings (SSSR count). The van der Waals surface area contributed by atoms with E-state index in [4.69, 9.17) is 11.6 Å². The summed E-state index contributed by atoms with van der Waals surface area (Å²) in [5, 5.41) is 4.34. The molecule has 1 aliphatic heterocycles. The van der Waals surface area contributed by atoms with Crippen LogP contribution in [0.15, 0.2) is 6.07 Å². The van der Waals surface area contributed by atoms with Crippen molar-refractivity contribution in [1.29, 1.82) is 0 Å². The molecule has 0 aromatic carbocycles. The molecule has 2 heterocycles. The third kappa shape index (κ3) is 2.49. The zero-order valence-electron chi connectivity index (χ0n) is 12.2. The Morgan fingerprint density at radius 3 is 2.59 bits per heavy atom. The van der Waals surface area contributed by atoms with Crippen LogP contribution in [0.4, 0.5) is 13.2 Å². The smallest absolute Gasteiger partial charge is 0.337 e. The second-order valence-corrected chi connectivity index (χ2v) is 6.69. The van der Waals surface area contributed by atoms with Crippen LogP contribution in [-0.4, -0.2) is 39.9 Å². The van der Waals surface area contributed by atoms with Gasteiger partial charge in [0.2, 0.25) is 0 Å². The Morgan fingerprint density at radius 1 is 1.45 bits per heavy atom. The highest BCUT2D eigenvalue weighted by Crippen LogP contribution is 2.56. The zero-order valence-corrected chi connectivity index (χ0v) is 12.9. The average Bonchev–Trinajstić information content (AvgIpc) is 2.74. The van der Waals surface area contributed by atoms with Gasteiger partial charge in [-0.05, 0) is 24.7 Å². The van der Waals surface area contributed by atoms with Gasteiger partial charge in [-0.25, -0.2) is 0 Å². The van der Waals surface area contributed by atoms with Crippen molar-refractivity contribution >= 4 is 17.5 Å². The van der Waals surface area contributed by atoms with Crippen LogP contribution >= 0.6 is 11.6 Å². The quantitative estimate of drug-likeness (QED) is 0.790. The fourth-order valence-corrected chi connectivity index (χ4v) is 3.83. The summed E-state index contributed by atoms with van der Waals surface area (Å²) in [7, 11) is 1.61. The minimum atomic E-state index is -4.19. The maximum absolute atomic E-state index is 13.2. The number of carbonyl (C=O) groups is 1. The Balaban J connectivity index is 1.79. The van der Waals surface area contributed by atoms with E-state index in [0.29, 0.717) is 18.0 Å². The first-order valence-electron chi connectivity index (χ1n) is 7.28. The van der Waals surface area contributed by atoms with Gasteiger partial charge in [-0.15, -0.1) is 0 Å². The number of alkyl halides is 3. The van der Waals surface area contributed by atoms with E-state index in [1.54, 1.807) is 7.05 Å². The first kappa shape index (κ1) is 15.6. The van der Waals surface area contributed by atoms with E-state index < -0.39 is 17.5 Å². The number of hydrogen-bond acceptors (Lipinski definition) is 2. The Bertz CT molecular complexity index is 575. The lowest BCUT2D eigenvalue weighted by atomic mass is 9.58. The van der Waals surface area contributed by atoms with Gasteiger partial charge >= 0.3 is 6.18 Å². The highest BCUT2D eigenvalue weighted by Gasteiger charge is 2.58. The lowest BCUT2D eigenvalue weighted by Crippen LogP contribution is -2.57. The summed E-state index contributed by atoms with van der Waals surface area (Å²) in [5.74, 6) is -1.64. The van der Waals surface area contributed by atoms with Crippen molar-refractivity contribution in [3.8, 4) is 0 Å². The topological polar surface area (TPSA) is 38.1 Å². The molecule has 2 fully saturated rings. The molecule has 22 heavy (non-hydrogen) atoms. The van der Waals surface area contributed by atoms with Crippen molar-refractivity contribution in [3.63, 3.8) is 0 Å². The number of piperidine rings is 1. The molecule has 1 spiro atoms. The Hall–Kier alpha value is -1.24. The summed E-state index contributed by atoms with van der Waals surface area (Å²) in [6.07, 6.45) is -2.36. The Labute approximate surface area is 131 Å². The van der Waals surface area contributed by atoms with E-state index in [0.717, 1.165) is 6.42 Å². The molecule has 1 aromatic rings. The number of likely N-dealkylation sites (tertiary alicyclic amines) is 1. The average molecular weight is 336 g/mol. The number of rotatable bonds is 1. The molecule has 1 aliphatic carbocycles. The molecule has 1 atom stereocenters. The number of halogens is 4. The fourth-order valence-electron chi connectivity index (χ4n) is 3.69. The van der Waals surface area contributed by atoms with Crippen LogP contribution in [0.2, 0.25) is 5.15 Å². The summed E-state index contributed by atoms with van der Waals surface area (Å²) in [5.41, 5.74) is -0.613. The standard InChI is InChI=1S/C14H17ClF3N3O/c1-20-11(15)7-9(19-20)12(22)21-6-3-10(14(16,17)18)13(8-21)4-2-5-13/h7,10H,2-6,8H2,1H3. The first-order chi connectivity index (χ1) is 10.2. The normalized spacial score (nSPS) is 24.4. The monoisotopic (exact) mass is 335 g/mol. The molecule has 1 amide bonds. The molecule has 1 saturated carbocycles. The first-order valence-corrected chi connectivity index (χ1v) is 7.66. The van der Waals surface area contributed by atoms with Gasteiger partial charge in [-0.3, -0.25) is 9.48 Å². The van der Waals surface area contributed by atoms with Crippen LogP contribution in [0.5, 0.6) is 0 Å². The predicted molar refractivity (Wildman–Crippen MR) is 74.6 cm³/mol. The molecule has 2 aliphatic rings. The highest BCUT2D eigenvalue weighted by atomic mass is 35.5. The van der Waals surface area contributed by atoms with Gasteiger partial charge in [-0.2, -0.15) is 18.3 Å². The van der Waals surface area contributed by atoms with E-state index in [1.165, 1.54) is 15.6 Å². The van der Waals surface area contributed by atoms with Crippen molar-refractivity contribution in [1.82, 2.24) is 14.7 Å². The molecule has 4 nitrogen and oxygen atoms in total.